The summed E-state index contributed by atoms with van der Waals surface area (Å²) in [5.74, 6) is 0.857. The Balaban J connectivity index is 1.41. The largest absolute Gasteiger partial charge is 0.373 e. The van der Waals surface area contributed by atoms with Crippen LogP contribution in [0.15, 0.2) is 79.3 Å². The second-order valence-corrected chi connectivity index (χ2v) is 8.73. The smallest absolute Gasteiger partial charge is 0.253 e. The second kappa shape index (κ2) is 10.0. The summed E-state index contributed by atoms with van der Waals surface area (Å²) >= 11 is 0. The third-order valence-corrected chi connectivity index (χ3v) is 6.34. The van der Waals surface area contributed by atoms with Crippen LogP contribution >= 0.6 is 0 Å². The molecule has 4 heterocycles. The van der Waals surface area contributed by atoms with E-state index in [-0.39, 0.29) is 5.91 Å². The summed E-state index contributed by atoms with van der Waals surface area (Å²) in [4.78, 5) is 30.7. The third-order valence-electron chi connectivity index (χ3n) is 6.34. The highest BCUT2D eigenvalue weighted by molar-refractivity contribution is 5.95. The van der Waals surface area contributed by atoms with Crippen molar-refractivity contribution in [3.8, 4) is 33.6 Å². The average molecular weight is 465 g/mol. The van der Waals surface area contributed by atoms with E-state index in [1.54, 1.807) is 6.20 Å². The van der Waals surface area contributed by atoms with Crippen molar-refractivity contribution in [2.45, 2.75) is 0 Å². The number of nitrogens with zero attached hydrogens (tertiary/aromatic N) is 5. The zero-order chi connectivity index (χ0) is 24.2. The molecule has 3 aromatic heterocycles. The molecule has 0 atom stereocenters. The Morgan fingerprint density at radius 2 is 1.57 bits per heavy atom. The summed E-state index contributed by atoms with van der Waals surface area (Å²) < 4.78 is 0. The molecule has 0 bridgehead atoms. The number of hydrogen-bond donors (Lipinski definition) is 1. The molecule has 0 unspecified atom stereocenters. The maximum atomic E-state index is 12.9. The van der Waals surface area contributed by atoms with Crippen LogP contribution < -0.4 is 5.32 Å². The molecular formula is C28H28N6O. The fourth-order valence-corrected chi connectivity index (χ4v) is 4.22. The van der Waals surface area contributed by atoms with Crippen molar-refractivity contribution < 1.29 is 4.79 Å². The van der Waals surface area contributed by atoms with Gasteiger partial charge in [0.05, 0.1) is 11.4 Å². The maximum Gasteiger partial charge on any atom is 0.253 e. The highest BCUT2D eigenvalue weighted by atomic mass is 16.2. The van der Waals surface area contributed by atoms with Gasteiger partial charge < -0.3 is 15.1 Å². The van der Waals surface area contributed by atoms with E-state index < -0.39 is 0 Å². The van der Waals surface area contributed by atoms with Gasteiger partial charge >= 0.3 is 0 Å². The molecule has 7 nitrogen and oxygen atoms in total. The first-order valence-corrected chi connectivity index (χ1v) is 11.8. The molecule has 176 valence electrons. The number of aromatic nitrogens is 3. The van der Waals surface area contributed by atoms with Crippen LogP contribution in [0.25, 0.3) is 33.6 Å². The number of amides is 1. The van der Waals surface area contributed by atoms with Gasteiger partial charge in [0.1, 0.15) is 5.82 Å². The van der Waals surface area contributed by atoms with Crippen LogP contribution in [0.2, 0.25) is 0 Å². The summed E-state index contributed by atoms with van der Waals surface area (Å²) in [5.41, 5.74) is 6.32. The van der Waals surface area contributed by atoms with Gasteiger partial charge in [-0.05, 0) is 60.6 Å². The van der Waals surface area contributed by atoms with Crippen molar-refractivity contribution in [3.63, 3.8) is 0 Å². The van der Waals surface area contributed by atoms with Gasteiger partial charge in [0.2, 0.25) is 0 Å². The van der Waals surface area contributed by atoms with Crippen molar-refractivity contribution in [2.75, 3.05) is 45.6 Å². The fourth-order valence-electron chi connectivity index (χ4n) is 4.22. The highest BCUT2D eigenvalue weighted by Gasteiger charge is 2.20. The molecule has 1 aliphatic rings. The Morgan fingerprint density at radius 3 is 2.26 bits per heavy atom. The monoisotopic (exact) mass is 464 g/mol. The van der Waals surface area contributed by atoms with E-state index in [4.69, 9.17) is 0 Å². The minimum atomic E-state index is 0.0926. The lowest BCUT2D eigenvalue weighted by molar-refractivity contribution is 0.0664. The van der Waals surface area contributed by atoms with Crippen molar-refractivity contribution in [3.05, 3.63) is 84.8 Å². The lowest BCUT2D eigenvalue weighted by Crippen LogP contribution is -2.47. The molecule has 0 spiro atoms. The summed E-state index contributed by atoms with van der Waals surface area (Å²) in [6, 6.07) is 19.8. The average Bonchev–Trinajstić information content (AvgIpc) is 2.93. The predicted octanol–water partition coefficient (Wildman–Crippen LogP) is 4.30. The fraction of sp³-hybridized carbons (Fsp3) is 0.214. The quantitative estimate of drug-likeness (QED) is 0.475. The van der Waals surface area contributed by atoms with Crippen LogP contribution in [0, 0.1) is 0 Å². The van der Waals surface area contributed by atoms with Gasteiger partial charge in [-0.25, -0.2) is 4.98 Å². The van der Waals surface area contributed by atoms with E-state index in [2.05, 4.69) is 38.3 Å². The van der Waals surface area contributed by atoms with Crippen LogP contribution in [0.3, 0.4) is 0 Å². The first-order chi connectivity index (χ1) is 17.1. The molecule has 4 aromatic rings. The molecular weight excluding hydrogens is 436 g/mol. The van der Waals surface area contributed by atoms with Crippen molar-refractivity contribution in [1.29, 1.82) is 0 Å². The van der Waals surface area contributed by atoms with Crippen LogP contribution in [-0.2, 0) is 0 Å². The molecule has 1 fully saturated rings. The Morgan fingerprint density at radius 1 is 0.829 bits per heavy atom. The van der Waals surface area contributed by atoms with Crippen LogP contribution in [-0.4, -0.2) is 70.9 Å². The lowest BCUT2D eigenvalue weighted by atomic mass is 10.0. The van der Waals surface area contributed by atoms with E-state index in [0.717, 1.165) is 71.2 Å². The maximum absolute atomic E-state index is 12.9. The number of likely N-dealkylation sites (N-methyl/N-ethyl adjacent to an activating group) is 1. The molecule has 35 heavy (non-hydrogen) atoms. The molecule has 0 saturated carbocycles. The third kappa shape index (κ3) is 5.05. The predicted molar refractivity (Wildman–Crippen MR) is 139 cm³/mol. The minimum absolute atomic E-state index is 0.0926. The zero-order valence-electron chi connectivity index (χ0n) is 20.0. The Labute approximate surface area is 205 Å². The van der Waals surface area contributed by atoms with Gasteiger partial charge in [-0.2, -0.15) is 0 Å². The number of benzene rings is 1. The van der Waals surface area contributed by atoms with Crippen LogP contribution in [0.1, 0.15) is 10.4 Å². The highest BCUT2D eigenvalue weighted by Crippen LogP contribution is 2.29. The van der Waals surface area contributed by atoms with Gasteiger partial charge in [0, 0.05) is 68.5 Å². The topological polar surface area (TPSA) is 74.2 Å². The van der Waals surface area contributed by atoms with Crippen molar-refractivity contribution >= 4 is 11.7 Å². The molecule has 1 aliphatic heterocycles. The zero-order valence-corrected chi connectivity index (χ0v) is 20.0. The van der Waals surface area contributed by atoms with Crippen LogP contribution in [0.5, 0.6) is 0 Å². The van der Waals surface area contributed by atoms with E-state index in [1.807, 2.05) is 78.9 Å². The second-order valence-electron chi connectivity index (χ2n) is 8.73. The Hall–Kier alpha value is -4.10. The normalized spacial score (nSPS) is 14.1. The number of hydrogen-bond acceptors (Lipinski definition) is 6. The summed E-state index contributed by atoms with van der Waals surface area (Å²) in [7, 11) is 3.94. The number of carbonyl (C=O) groups is 1. The minimum Gasteiger partial charge on any atom is -0.373 e. The number of rotatable bonds is 5. The Bertz CT molecular complexity index is 1320. The van der Waals surface area contributed by atoms with Gasteiger partial charge in [0.25, 0.3) is 5.91 Å². The van der Waals surface area contributed by atoms with Crippen molar-refractivity contribution in [1.82, 2.24) is 24.8 Å². The SMILES string of the molecule is CNc1cc(-c2cncc(-c3ccc(C(=O)N4CCN(C)CC4)cc3)c2)cc(-c2ccccn2)n1. The summed E-state index contributed by atoms with van der Waals surface area (Å²) in [6.45, 7) is 3.36. The van der Waals surface area contributed by atoms with E-state index in [1.165, 1.54) is 0 Å². The molecule has 7 heteroatoms. The van der Waals surface area contributed by atoms with E-state index >= 15 is 0 Å². The number of anilines is 1. The number of pyridine rings is 3. The molecule has 5 rings (SSSR count). The van der Waals surface area contributed by atoms with E-state index in [9.17, 15) is 4.79 Å². The molecule has 1 saturated heterocycles. The molecule has 1 amide bonds. The molecule has 1 N–H and O–H groups in total. The number of piperazine rings is 1. The molecule has 0 aliphatic carbocycles. The summed E-state index contributed by atoms with van der Waals surface area (Å²) in [5, 5.41) is 3.14. The first kappa shape index (κ1) is 22.7. The van der Waals surface area contributed by atoms with Gasteiger partial charge in [-0.1, -0.05) is 18.2 Å². The van der Waals surface area contributed by atoms with Crippen molar-refractivity contribution in [2.24, 2.45) is 0 Å². The lowest BCUT2D eigenvalue weighted by Gasteiger charge is -2.32. The number of nitrogens with one attached hydrogen (secondary N) is 1. The van der Waals surface area contributed by atoms with Crippen LogP contribution in [0.4, 0.5) is 5.82 Å². The summed E-state index contributed by atoms with van der Waals surface area (Å²) in [6.07, 6.45) is 5.47. The van der Waals surface area contributed by atoms with Gasteiger partial charge in [-0.3, -0.25) is 14.8 Å². The van der Waals surface area contributed by atoms with Gasteiger partial charge in [-0.15, -0.1) is 0 Å². The Kier molecular flexibility index (Phi) is 6.50. The molecule has 1 aromatic carbocycles. The van der Waals surface area contributed by atoms with E-state index in [0.29, 0.717) is 0 Å². The van der Waals surface area contributed by atoms with Gasteiger partial charge in [0.15, 0.2) is 0 Å². The number of carbonyl (C=O) groups excluding carboxylic acids is 1. The first-order valence-electron chi connectivity index (χ1n) is 11.8. The molecule has 0 radical (unpaired) electrons. The standard InChI is InChI=1S/C28H28N6O/c1-29-27-17-22(16-26(32-27)25-5-3-4-10-31-25)24-15-23(18-30-19-24)20-6-8-21(9-7-20)28(35)34-13-11-33(2)12-14-34/h3-10,15-19H,11-14H2,1-2H3,(H,29,32).